The molecule has 146 valence electrons. The van der Waals surface area contributed by atoms with Crippen LogP contribution >= 0.6 is 34.8 Å². The molecule has 1 atom stereocenters. The number of aliphatic hydroxyl groups excluding tert-OH is 1. The van der Waals surface area contributed by atoms with Gasteiger partial charge in [-0.05, 0) is 18.2 Å². The van der Waals surface area contributed by atoms with E-state index in [0.29, 0.717) is 15.8 Å². The van der Waals surface area contributed by atoms with Crippen molar-refractivity contribution in [2.45, 2.75) is 12.6 Å². The van der Waals surface area contributed by atoms with Gasteiger partial charge < -0.3 is 9.84 Å². The molecule has 0 bridgehead atoms. The van der Waals surface area contributed by atoms with E-state index in [1.807, 2.05) is 0 Å². The van der Waals surface area contributed by atoms with Gasteiger partial charge in [0.05, 0.1) is 33.7 Å². The third-order valence-electron chi connectivity index (χ3n) is 3.82. The maximum atomic E-state index is 12.6. The van der Waals surface area contributed by atoms with Gasteiger partial charge in [-0.1, -0.05) is 34.8 Å². The number of nitrogens with zero attached hydrogens (tertiary/aromatic N) is 3. The van der Waals surface area contributed by atoms with E-state index in [2.05, 4.69) is 4.98 Å². The van der Waals surface area contributed by atoms with Crippen molar-refractivity contribution in [2.24, 2.45) is 0 Å². The van der Waals surface area contributed by atoms with Crippen LogP contribution in [0.4, 0.5) is 5.69 Å². The number of aromatic nitrogens is 2. The maximum Gasteiger partial charge on any atom is 0.288 e. The van der Waals surface area contributed by atoms with Gasteiger partial charge in [0.25, 0.3) is 11.2 Å². The summed E-state index contributed by atoms with van der Waals surface area (Å²) in [5.74, 6) is 0.294. The summed E-state index contributed by atoms with van der Waals surface area (Å²) < 4.78 is 6.57. The second kappa shape index (κ2) is 8.32. The van der Waals surface area contributed by atoms with Gasteiger partial charge in [0.1, 0.15) is 23.5 Å². The van der Waals surface area contributed by atoms with Crippen molar-refractivity contribution in [3.63, 3.8) is 0 Å². The largest absolute Gasteiger partial charge is 0.489 e. The highest BCUT2D eigenvalue weighted by Crippen LogP contribution is 2.28. The second-order valence-corrected chi connectivity index (χ2v) is 7.07. The SMILES string of the molecule is O=c1c2cc([N+](=O)[O-])c(Cl)cc2ncn1CC(O)COc1cc(Cl)ccc1Cl. The Bertz CT molecular complexity index is 1120. The van der Waals surface area contributed by atoms with Crippen LogP contribution in [0, 0.1) is 10.1 Å². The van der Waals surface area contributed by atoms with Crippen LogP contribution in [0.3, 0.4) is 0 Å². The van der Waals surface area contributed by atoms with E-state index >= 15 is 0 Å². The van der Waals surface area contributed by atoms with Crippen molar-refractivity contribution < 1.29 is 14.8 Å². The third kappa shape index (κ3) is 4.36. The molecule has 0 aliphatic carbocycles. The van der Waals surface area contributed by atoms with E-state index in [9.17, 15) is 20.0 Å². The predicted octanol–water partition coefficient (Wildman–Crippen LogP) is 3.70. The molecule has 0 aliphatic rings. The lowest BCUT2D eigenvalue weighted by Crippen LogP contribution is -2.30. The third-order valence-corrected chi connectivity index (χ3v) is 4.67. The van der Waals surface area contributed by atoms with Crippen molar-refractivity contribution in [2.75, 3.05) is 6.61 Å². The molecule has 0 spiro atoms. The number of nitro groups is 1. The van der Waals surface area contributed by atoms with Crippen molar-refractivity contribution in [1.82, 2.24) is 9.55 Å². The minimum atomic E-state index is -1.07. The molecule has 3 aromatic rings. The summed E-state index contributed by atoms with van der Waals surface area (Å²) in [6, 6.07) is 6.98. The summed E-state index contributed by atoms with van der Waals surface area (Å²) in [7, 11) is 0. The fourth-order valence-electron chi connectivity index (χ4n) is 2.49. The Morgan fingerprint density at radius 2 is 1.96 bits per heavy atom. The van der Waals surface area contributed by atoms with Crippen LogP contribution in [0.2, 0.25) is 15.1 Å². The van der Waals surface area contributed by atoms with Gasteiger partial charge in [-0.3, -0.25) is 19.5 Å². The lowest BCUT2D eigenvalue weighted by atomic mass is 10.2. The van der Waals surface area contributed by atoms with Gasteiger partial charge in [0, 0.05) is 17.2 Å². The smallest absolute Gasteiger partial charge is 0.288 e. The predicted molar refractivity (Wildman–Crippen MR) is 106 cm³/mol. The normalized spacial score (nSPS) is 12.1. The molecule has 0 saturated carbocycles. The number of rotatable bonds is 6. The van der Waals surface area contributed by atoms with Gasteiger partial charge in [-0.25, -0.2) is 4.98 Å². The first kappa shape index (κ1) is 20.3. The Hall–Kier alpha value is -2.39. The zero-order chi connectivity index (χ0) is 20.4. The summed E-state index contributed by atoms with van der Waals surface area (Å²) in [6.07, 6.45) is 0.150. The maximum absolute atomic E-state index is 12.6. The molecule has 1 N–H and O–H groups in total. The lowest BCUT2D eigenvalue weighted by Gasteiger charge is -2.15. The lowest BCUT2D eigenvalue weighted by molar-refractivity contribution is -0.384. The van der Waals surface area contributed by atoms with Crippen molar-refractivity contribution >= 4 is 51.4 Å². The molecule has 8 nitrogen and oxygen atoms in total. The Balaban J connectivity index is 1.80. The standard InChI is InChI=1S/C17H12Cl3N3O5/c18-9-1-2-12(19)16(3-9)28-7-10(24)6-22-8-21-14-5-13(20)15(23(26)27)4-11(14)17(22)25/h1-5,8,10,24H,6-7H2. The number of hydrogen-bond acceptors (Lipinski definition) is 6. The van der Waals surface area contributed by atoms with Crippen molar-refractivity contribution in [1.29, 1.82) is 0 Å². The highest BCUT2D eigenvalue weighted by atomic mass is 35.5. The van der Waals surface area contributed by atoms with Crippen LogP contribution in [-0.2, 0) is 6.54 Å². The minimum absolute atomic E-state index is 0.0182. The summed E-state index contributed by atoms with van der Waals surface area (Å²) in [5.41, 5.74) is -0.733. The first-order valence-corrected chi connectivity index (χ1v) is 8.98. The molecule has 0 aliphatic heterocycles. The molecule has 0 amide bonds. The van der Waals surface area contributed by atoms with E-state index in [0.717, 1.165) is 10.6 Å². The van der Waals surface area contributed by atoms with Gasteiger partial charge in [0.15, 0.2) is 0 Å². The zero-order valence-corrected chi connectivity index (χ0v) is 16.3. The molecule has 1 unspecified atom stereocenters. The Kier molecular flexibility index (Phi) is 6.04. The van der Waals surface area contributed by atoms with Crippen molar-refractivity contribution in [3.8, 4) is 5.75 Å². The van der Waals surface area contributed by atoms with Gasteiger partial charge in [0.2, 0.25) is 0 Å². The van der Waals surface area contributed by atoms with Gasteiger partial charge in [-0.15, -0.1) is 0 Å². The molecule has 0 fully saturated rings. The first-order valence-electron chi connectivity index (χ1n) is 7.85. The zero-order valence-electron chi connectivity index (χ0n) is 14.0. The van der Waals surface area contributed by atoms with Gasteiger partial charge >= 0.3 is 0 Å². The van der Waals surface area contributed by atoms with E-state index in [4.69, 9.17) is 39.5 Å². The number of fused-ring (bicyclic) bond motifs is 1. The minimum Gasteiger partial charge on any atom is -0.489 e. The molecule has 3 rings (SSSR count). The van der Waals surface area contributed by atoms with E-state index in [1.165, 1.54) is 18.5 Å². The summed E-state index contributed by atoms with van der Waals surface area (Å²) >= 11 is 17.7. The molecule has 11 heteroatoms. The molecule has 1 heterocycles. The van der Waals surface area contributed by atoms with E-state index < -0.39 is 22.3 Å². The number of halogens is 3. The Labute approximate surface area is 173 Å². The molecule has 28 heavy (non-hydrogen) atoms. The topological polar surface area (TPSA) is 107 Å². The molecular weight excluding hydrogens is 433 g/mol. The average Bonchev–Trinajstić information content (AvgIpc) is 2.64. The quantitative estimate of drug-likeness (QED) is 0.459. The average molecular weight is 445 g/mol. The summed E-state index contributed by atoms with van der Waals surface area (Å²) in [4.78, 5) is 27.0. The molecule has 2 aromatic carbocycles. The summed E-state index contributed by atoms with van der Waals surface area (Å²) in [6.45, 7) is -0.304. The Morgan fingerprint density at radius 3 is 2.68 bits per heavy atom. The van der Waals surface area contributed by atoms with Crippen LogP contribution in [0.25, 0.3) is 10.9 Å². The molecule has 0 radical (unpaired) electrons. The fraction of sp³-hybridized carbons (Fsp3) is 0.176. The number of ether oxygens (including phenoxy) is 1. The second-order valence-electron chi connectivity index (χ2n) is 5.82. The van der Waals surface area contributed by atoms with Crippen LogP contribution < -0.4 is 10.3 Å². The first-order chi connectivity index (χ1) is 13.3. The van der Waals surface area contributed by atoms with E-state index in [-0.39, 0.29) is 29.1 Å². The molecule has 1 aromatic heterocycles. The molecule has 0 saturated heterocycles. The van der Waals surface area contributed by atoms with Crippen LogP contribution in [0.15, 0.2) is 41.5 Å². The number of benzene rings is 2. The van der Waals surface area contributed by atoms with Crippen LogP contribution in [0.1, 0.15) is 0 Å². The fourth-order valence-corrected chi connectivity index (χ4v) is 3.05. The number of aliphatic hydroxyl groups is 1. The number of nitro benzene ring substituents is 1. The van der Waals surface area contributed by atoms with E-state index in [1.54, 1.807) is 12.1 Å². The molecular formula is C17H12Cl3N3O5. The van der Waals surface area contributed by atoms with Crippen LogP contribution in [0.5, 0.6) is 5.75 Å². The summed E-state index contributed by atoms with van der Waals surface area (Å²) in [5, 5.41) is 21.9. The number of hydrogen-bond donors (Lipinski definition) is 1. The monoisotopic (exact) mass is 443 g/mol. The highest BCUT2D eigenvalue weighted by molar-refractivity contribution is 6.34. The Morgan fingerprint density at radius 1 is 1.21 bits per heavy atom. The van der Waals surface area contributed by atoms with Gasteiger partial charge in [-0.2, -0.15) is 0 Å². The highest BCUT2D eigenvalue weighted by Gasteiger charge is 2.17. The van der Waals surface area contributed by atoms with Crippen molar-refractivity contribution in [3.05, 3.63) is 72.2 Å². The van der Waals surface area contributed by atoms with Crippen LogP contribution in [-0.4, -0.2) is 32.3 Å².